The van der Waals surface area contributed by atoms with E-state index in [4.69, 9.17) is 14.2 Å². The lowest BCUT2D eigenvalue weighted by Gasteiger charge is -2.40. The number of carbonyl (C=O) groups is 2. The summed E-state index contributed by atoms with van der Waals surface area (Å²) in [6.45, 7) is 4.17. The molecule has 7 atom stereocenters. The van der Waals surface area contributed by atoms with E-state index in [2.05, 4.69) is 55.6 Å². The van der Waals surface area contributed by atoms with E-state index in [9.17, 15) is 35.1 Å². The van der Waals surface area contributed by atoms with Crippen LogP contribution >= 0.6 is 0 Å². The quantitative estimate of drug-likeness (QED) is 0.0196. The number of hydrogen-bond donors (Lipinski definition) is 6. The lowest BCUT2D eigenvalue weighted by Crippen LogP contribution is -2.60. The summed E-state index contributed by atoms with van der Waals surface area (Å²) in [4.78, 5) is 25.0. The van der Waals surface area contributed by atoms with Crippen LogP contribution in [0.1, 0.15) is 213 Å². The molecule has 0 saturated carbocycles. The summed E-state index contributed by atoms with van der Waals surface area (Å²) in [5, 5.41) is 54.2. The molecule has 6 N–H and O–H groups in total. The van der Waals surface area contributed by atoms with Crippen LogP contribution in [0.5, 0.6) is 0 Å². The average Bonchev–Trinajstić information content (AvgIpc) is 3.29. The molecule has 0 aromatic rings. The first-order valence-corrected chi connectivity index (χ1v) is 25.9. The van der Waals surface area contributed by atoms with Crippen LogP contribution in [0.4, 0.5) is 0 Å². The van der Waals surface area contributed by atoms with E-state index < -0.39 is 49.5 Å². The fourth-order valence-corrected chi connectivity index (χ4v) is 7.66. The van der Waals surface area contributed by atoms with Crippen molar-refractivity contribution in [1.82, 2.24) is 5.32 Å². The Kier molecular flexibility index (Phi) is 40.3. The maximum absolute atomic E-state index is 13.0. The summed E-state index contributed by atoms with van der Waals surface area (Å²) in [6.07, 6.45) is 41.8. The Morgan fingerprint density at radius 1 is 0.562 bits per heavy atom. The molecule has 11 nitrogen and oxygen atoms in total. The third kappa shape index (κ3) is 33.1. The van der Waals surface area contributed by atoms with Crippen molar-refractivity contribution in [2.75, 3.05) is 19.8 Å². The summed E-state index contributed by atoms with van der Waals surface area (Å²) in [5.41, 5.74) is 0. The van der Waals surface area contributed by atoms with Crippen LogP contribution in [0.25, 0.3) is 0 Å². The fraction of sp³-hybridized carbons (Fsp3) is 0.811. The van der Waals surface area contributed by atoms with Crippen LogP contribution in [0.2, 0.25) is 0 Å². The zero-order valence-corrected chi connectivity index (χ0v) is 40.5. The smallest absolute Gasteiger partial charge is 0.305 e. The normalized spacial score (nSPS) is 20.3. The van der Waals surface area contributed by atoms with Gasteiger partial charge in [-0.25, -0.2) is 0 Å². The van der Waals surface area contributed by atoms with Crippen molar-refractivity contribution in [3.8, 4) is 0 Å². The Morgan fingerprint density at radius 3 is 1.59 bits per heavy atom. The van der Waals surface area contributed by atoms with Crippen LogP contribution in [0, 0.1) is 0 Å². The molecule has 64 heavy (non-hydrogen) atoms. The van der Waals surface area contributed by atoms with Crippen LogP contribution in [0.15, 0.2) is 48.6 Å². The molecule has 0 aromatic carbocycles. The van der Waals surface area contributed by atoms with Gasteiger partial charge in [0.1, 0.15) is 24.4 Å². The molecule has 1 fully saturated rings. The molecule has 11 heteroatoms. The summed E-state index contributed by atoms with van der Waals surface area (Å²) in [5.74, 6) is -0.280. The SMILES string of the molecule is CCCC/C=C\CCCCCCCC(=O)OCCCCC/C=C\CCCCCCCC(=O)NC(COC1OC(CO)C(O)C(O)C1O)C(O)/C=C/CC/C=C/CCCCCCCCC. The minimum atomic E-state index is -1.59. The van der Waals surface area contributed by atoms with Gasteiger partial charge in [-0.15, -0.1) is 0 Å². The highest BCUT2D eigenvalue weighted by molar-refractivity contribution is 5.76. The summed E-state index contributed by atoms with van der Waals surface area (Å²) in [7, 11) is 0. The van der Waals surface area contributed by atoms with Gasteiger partial charge in [0, 0.05) is 12.8 Å². The third-order valence-corrected chi connectivity index (χ3v) is 11.9. The number of rotatable bonds is 43. The van der Waals surface area contributed by atoms with E-state index in [1.165, 1.54) is 89.9 Å². The van der Waals surface area contributed by atoms with Gasteiger partial charge >= 0.3 is 5.97 Å². The molecule has 0 spiro atoms. The first-order chi connectivity index (χ1) is 31.2. The van der Waals surface area contributed by atoms with Gasteiger partial charge in [0.2, 0.25) is 5.91 Å². The second-order valence-corrected chi connectivity index (χ2v) is 17.8. The molecule has 0 bridgehead atoms. The van der Waals surface area contributed by atoms with Crippen LogP contribution in [-0.4, -0.2) is 100 Å². The monoisotopic (exact) mass is 906 g/mol. The molecule has 1 heterocycles. The highest BCUT2D eigenvalue weighted by Crippen LogP contribution is 2.22. The zero-order valence-electron chi connectivity index (χ0n) is 40.5. The number of allylic oxidation sites excluding steroid dienone is 7. The molecule has 7 unspecified atom stereocenters. The van der Waals surface area contributed by atoms with Crippen molar-refractivity contribution in [2.45, 2.75) is 256 Å². The van der Waals surface area contributed by atoms with Crippen LogP contribution < -0.4 is 5.32 Å². The van der Waals surface area contributed by atoms with Crippen LogP contribution in [0.3, 0.4) is 0 Å². The molecule has 0 aliphatic carbocycles. The molecule has 372 valence electrons. The predicted molar refractivity (Wildman–Crippen MR) is 260 cm³/mol. The second-order valence-electron chi connectivity index (χ2n) is 17.8. The molecule has 0 aromatic heterocycles. The van der Waals surface area contributed by atoms with Crippen molar-refractivity contribution in [3.63, 3.8) is 0 Å². The second kappa shape index (κ2) is 43.2. The molecule has 1 rings (SSSR count). The lowest BCUT2D eigenvalue weighted by atomic mass is 9.99. The van der Waals surface area contributed by atoms with E-state index in [0.29, 0.717) is 25.9 Å². The Labute approximate surface area is 389 Å². The number of nitrogens with one attached hydrogen (secondary N) is 1. The standard InChI is InChI=1S/C53H95NO10/c1-3-5-7-9-11-13-15-16-20-23-27-31-35-39-46(56)45(44-63-53-52(61)51(60)50(59)47(43-55)64-53)54-48(57)40-36-32-28-24-21-17-18-22-26-30-34-38-42-62-49(58)41-37-33-29-25-19-14-12-10-8-6-4-2/h10,12,18,20,22-23,35,39,45-47,50-53,55-56,59-61H,3-9,11,13-17,19,21,24-34,36-38,40-44H2,1-2H3,(H,54,57)/b12-10-,22-18-,23-20+,39-35+. The maximum atomic E-state index is 13.0. The van der Waals surface area contributed by atoms with Crippen molar-refractivity contribution < 1.29 is 49.3 Å². The lowest BCUT2D eigenvalue weighted by molar-refractivity contribution is -0.302. The summed E-state index contributed by atoms with van der Waals surface area (Å²) >= 11 is 0. The van der Waals surface area contributed by atoms with Gasteiger partial charge in [-0.05, 0) is 96.3 Å². The van der Waals surface area contributed by atoms with Gasteiger partial charge in [0.05, 0.1) is 32.0 Å². The Bertz CT molecular complexity index is 1210. The number of aliphatic hydroxyl groups excluding tert-OH is 5. The highest BCUT2D eigenvalue weighted by atomic mass is 16.7. The number of esters is 1. The Balaban J connectivity index is 2.25. The average molecular weight is 906 g/mol. The first-order valence-electron chi connectivity index (χ1n) is 25.9. The van der Waals surface area contributed by atoms with Gasteiger partial charge in [0.15, 0.2) is 6.29 Å². The zero-order chi connectivity index (χ0) is 46.7. The van der Waals surface area contributed by atoms with Crippen molar-refractivity contribution >= 4 is 11.9 Å². The molecule has 1 aliphatic rings. The number of aliphatic hydroxyl groups is 5. The predicted octanol–water partition coefficient (Wildman–Crippen LogP) is 10.5. The van der Waals surface area contributed by atoms with Crippen LogP contribution in [-0.2, 0) is 23.8 Å². The van der Waals surface area contributed by atoms with E-state index in [-0.39, 0.29) is 18.5 Å². The molecule has 1 amide bonds. The van der Waals surface area contributed by atoms with E-state index in [0.717, 1.165) is 89.9 Å². The number of hydrogen-bond acceptors (Lipinski definition) is 10. The number of ether oxygens (including phenoxy) is 3. The van der Waals surface area contributed by atoms with Gasteiger partial charge in [-0.3, -0.25) is 9.59 Å². The topological polar surface area (TPSA) is 175 Å². The Hall–Kier alpha value is -2.38. The third-order valence-electron chi connectivity index (χ3n) is 11.9. The number of carbonyl (C=O) groups excluding carboxylic acids is 2. The van der Waals surface area contributed by atoms with Gasteiger partial charge in [-0.1, -0.05) is 152 Å². The first kappa shape index (κ1) is 59.6. The number of unbranched alkanes of at least 4 members (excludes halogenated alkanes) is 23. The largest absolute Gasteiger partial charge is 0.466 e. The van der Waals surface area contributed by atoms with E-state index >= 15 is 0 Å². The minimum absolute atomic E-state index is 0.0600. The highest BCUT2D eigenvalue weighted by Gasteiger charge is 2.44. The molecule has 1 aliphatic heterocycles. The summed E-state index contributed by atoms with van der Waals surface area (Å²) < 4.78 is 16.6. The van der Waals surface area contributed by atoms with E-state index in [1.54, 1.807) is 6.08 Å². The molecular formula is C53H95NO10. The van der Waals surface area contributed by atoms with Crippen molar-refractivity contribution in [3.05, 3.63) is 48.6 Å². The molecule has 1 saturated heterocycles. The summed E-state index contributed by atoms with van der Waals surface area (Å²) in [6, 6.07) is -0.846. The van der Waals surface area contributed by atoms with Crippen molar-refractivity contribution in [2.24, 2.45) is 0 Å². The van der Waals surface area contributed by atoms with Gasteiger partial charge < -0.3 is 45.1 Å². The molecule has 0 radical (unpaired) electrons. The van der Waals surface area contributed by atoms with Gasteiger partial charge in [-0.2, -0.15) is 0 Å². The minimum Gasteiger partial charge on any atom is -0.466 e. The fourth-order valence-electron chi connectivity index (χ4n) is 7.66. The van der Waals surface area contributed by atoms with Crippen molar-refractivity contribution in [1.29, 1.82) is 0 Å². The Morgan fingerprint density at radius 2 is 1.03 bits per heavy atom. The maximum Gasteiger partial charge on any atom is 0.305 e. The van der Waals surface area contributed by atoms with Gasteiger partial charge in [0.25, 0.3) is 0 Å². The van der Waals surface area contributed by atoms with E-state index in [1.807, 2.05) is 6.08 Å². The number of amides is 1. The molecular weight excluding hydrogens is 811 g/mol.